The number of rotatable bonds is 10. The topological polar surface area (TPSA) is 97.2 Å². The molecule has 0 saturated heterocycles. The molecule has 0 bridgehead atoms. The quantitative estimate of drug-likeness (QED) is 0.478. The van der Waals surface area contributed by atoms with Crippen LogP contribution in [0, 0.1) is 0 Å². The Kier molecular flexibility index (Phi) is 7.68. The fourth-order valence-electron chi connectivity index (χ4n) is 3.63. The first-order chi connectivity index (χ1) is 15.2. The molecule has 174 valence electrons. The van der Waals surface area contributed by atoms with E-state index >= 15 is 0 Å². The summed E-state index contributed by atoms with van der Waals surface area (Å²) in [7, 11) is -0.522. The molecule has 0 aliphatic heterocycles. The van der Waals surface area contributed by atoms with Crippen LogP contribution in [-0.2, 0) is 40.6 Å². The van der Waals surface area contributed by atoms with Gasteiger partial charge in [-0.3, -0.25) is 4.79 Å². The normalized spacial score (nSPS) is 12.1. The number of carbonyl (C=O) groups excluding carboxylic acids is 1. The standard InChI is InChI=1S/C22H31N5O3S2/c1-6-9-16-19(7-2)31-22(24-16)25-21(28)13-12-20-23-17-14-15(32(29,30)26(4)5)10-11-18(17)27(20)8-3/h10-11,14H,6-9,12-13H2,1-5H3,(H,24,25,28). The predicted octanol–water partition coefficient (Wildman–Crippen LogP) is 3.85. The van der Waals surface area contributed by atoms with E-state index in [9.17, 15) is 13.2 Å². The third kappa shape index (κ3) is 5.02. The summed E-state index contributed by atoms with van der Waals surface area (Å²) in [5.74, 6) is 0.659. The van der Waals surface area contributed by atoms with Crippen molar-refractivity contribution in [2.45, 2.75) is 64.3 Å². The minimum atomic E-state index is -3.53. The Morgan fingerprint density at radius 3 is 2.53 bits per heavy atom. The summed E-state index contributed by atoms with van der Waals surface area (Å²) in [5, 5.41) is 3.58. The molecule has 0 spiro atoms. The first kappa shape index (κ1) is 24.3. The third-order valence-electron chi connectivity index (χ3n) is 5.30. The molecule has 32 heavy (non-hydrogen) atoms. The number of carbonyl (C=O) groups is 1. The highest BCUT2D eigenvalue weighted by molar-refractivity contribution is 7.89. The molecule has 0 unspecified atom stereocenters. The Bertz CT molecular complexity index is 1210. The molecule has 10 heteroatoms. The smallest absolute Gasteiger partial charge is 0.242 e. The van der Waals surface area contributed by atoms with Crippen molar-refractivity contribution in [3.05, 3.63) is 34.6 Å². The second kappa shape index (κ2) is 10.1. The number of fused-ring (bicyclic) bond motifs is 1. The molecule has 1 N–H and O–H groups in total. The van der Waals surface area contributed by atoms with Crippen molar-refractivity contribution in [3.63, 3.8) is 0 Å². The van der Waals surface area contributed by atoms with Gasteiger partial charge in [0.15, 0.2) is 5.13 Å². The molecule has 1 aromatic carbocycles. The molecule has 3 aromatic rings. The molecular formula is C22H31N5O3S2. The molecule has 8 nitrogen and oxygen atoms in total. The van der Waals surface area contributed by atoms with Crippen LogP contribution in [0.4, 0.5) is 5.13 Å². The highest BCUT2D eigenvalue weighted by Crippen LogP contribution is 2.26. The second-order valence-corrected chi connectivity index (χ2v) is 11.0. The second-order valence-electron chi connectivity index (χ2n) is 7.75. The molecule has 2 heterocycles. The zero-order chi connectivity index (χ0) is 23.5. The van der Waals surface area contributed by atoms with Gasteiger partial charge in [0.1, 0.15) is 5.82 Å². The van der Waals surface area contributed by atoms with E-state index in [1.165, 1.54) is 23.3 Å². The lowest BCUT2D eigenvalue weighted by Gasteiger charge is -2.11. The number of nitrogens with zero attached hydrogens (tertiary/aromatic N) is 4. The fourth-order valence-corrected chi connectivity index (χ4v) is 5.51. The van der Waals surface area contributed by atoms with Gasteiger partial charge in [0, 0.05) is 38.4 Å². The first-order valence-corrected chi connectivity index (χ1v) is 13.2. The van der Waals surface area contributed by atoms with E-state index in [0.717, 1.165) is 36.3 Å². The van der Waals surface area contributed by atoms with Crippen LogP contribution in [0.15, 0.2) is 23.1 Å². The molecular weight excluding hydrogens is 446 g/mol. The maximum atomic E-state index is 12.6. The van der Waals surface area contributed by atoms with Crippen LogP contribution in [0.5, 0.6) is 0 Å². The number of hydrogen-bond acceptors (Lipinski definition) is 6. The monoisotopic (exact) mass is 477 g/mol. The molecule has 0 radical (unpaired) electrons. The van der Waals surface area contributed by atoms with E-state index in [0.29, 0.717) is 23.6 Å². The average molecular weight is 478 g/mol. The number of thiazole rings is 1. The van der Waals surface area contributed by atoms with Crippen molar-refractivity contribution in [1.29, 1.82) is 0 Å². The largest absolute Gasteiger partial charge is 0.328 e. The summed E-state index contributed by atoms with van der Waals surface area (Å²) in [4.78, 5) is 23.2. The molecule has 1 amide bonds. The van der Waals surface area contributed by atoms with Crippen LogP contribution < -0.4 is 5.32 Å². The van der Waals surface area contributed by atoms with Crippen molar-refractivity contribution < 1.29 is 13.2 Å². The van der Waals surface area contributed by atoms with Gasteiger partial charge in [0.25, 0.3) is 0 Å². The summed E-state index contributed by atoms with van der Waals surface area (Å²) >= 11 is 1.54. The Morgan fingerprint density at radius 2 is 1.91 bits per heavy atom. The minimum Gasteiger partial charge on any atom is -0.328 e. The third-order valence-corrected chi connectivity index (χ3v) is 8.27. The van der Waals surface area contributed by atoms with Gasteiger partial charge in [-0.1, -0.05) is 20.3 Å². The number of imidazole rings is 1. The molecule has 0 aliphatic carbocycles. The summed E-state index contributed by atoms with van der Waals surface area (Å²) in [6.45, 7) is 6.91. The minimum absolute atomic E-state index is 0.102. The van der Waals surface area contributed by atoms with Gasteiger partial charge in [-0.25, -0.2) is 22.7 Å². The van der Waals surface area contributed by atoms with E-state index in [-0.39, 0.29) is 17.2 Å². The summed E-state index contributed by atoms with van der Waals surface area (Å²) < 4.78 is 28.1. The van der Waals surface area contributed by atoms with Crippen LogP contribution in [0.1, 0.15) is 50.0 Å². The van der Waals surface area contributed by atoms with Crippen molar-refractivity contribution in [2.24, 2.45) is 0 Å². The van der Waals surface area contributed by atoms with Gasteiger partial charge < -0.3 is 9.88 Å². The molecule has 0 fully saturated rings. The van der Waals surface area contributed by atoms with E-state index in [2.05, 4.69) is 29.1 Å². The number of aryl methyl sites for hydroxylation is 4. The molecule has 0 aliphatic rings. The lowest BCUT2D eigenvalue weighted by atomic mass is 10.2. The van der Waals surface area contributed by atoms with Crippen molar-refractivity contribution in [3.8, 4) is 0 Å². The fraction of sp³-hybridized carbons (Fsp3) is 0.500. The Balaban J connectivity index is 1.76. The summed E-state index contributed by atoms with van der Waals surface area (Å²) in [6, 6.07) is 4.98. The Morgan fingerprint density at radius 1 is 1.16 bits per heavy atom. The van der Waals surface area contributed by atoms with E-state index in [1.807, 2.05) is 11.5 Å². The number of benzene rings is 1. The number of hydrogen-bond donors (Lipinski definition) is 1. The van der Waals surface area contributed by atoms with E-state index in [1.54, 1.807) is 29.5 Å². The molecule has 2 aromatic heterocycles. The Hall–Kier alpha value is -2.30. The Labute approximate surface area is 193 Å². The van der Waals surface area contributed by atoms with Crippen molar-refractivity contribution in [1.82, 2.24) is 18.8 Å². The average Bonchev–Trinajstić information content (AvgIpc) is 3.31. The number of sulfonamides is 1. The lowest BCUT2D eigenvalue weighted by molar-refractivity contribution is -0.116. The zero-order valence-corrected chi connectivity index (χ0v) is 20.9. The zero-order valence-electron chi connectivity index (χ0n) is 19.3. The van der Waals surface area contributed by atoms with Gasteiger partial charge in [-0.05, 0) is 38.0 Å². The summed E-state index contributed by atoms with van der Waals surface area (Å²) in [6.07, 6.45) is 3.58. The molecule has 3 rings (SSSR count). The van der Waals surface area contributed by atoms with Gasteiger partial charge in [0.2, 0.25) is 15.9 Å². The van der Waals surface area contributed by atoms with Crippen LogP contribution in [0.25, 0.3) is 11.0 Å². The van der Waals surface area contributed by atoms with Gasteiger partial charge in [-0.2, -0.15) is 0 Å². The van der Waals surface area contributed by atoms with Crippen molar-refractivity contribution in [2.75, 3.05) is 19.4 Å². The maximum Gasteiger partial charge on any atom is 0.242 e. The SMILES string of the molecule is CCCc1nc(NC(=O)CCc2nc3cc(S(=O)(=O)N(C)C)ccc3n2CC)sc1CC. The number of amides is 1. The number of nitrogens with one attached hydrogen (secondary N) is 1. The van der Waals surface area contributed by atoms with E-state index in [4.69, 9.17) is 0 Å². The van der Waals surface area contributed by atoms with Gasteiger partial charge in [-0.15, -0.1) is 11.3 Å². The number of anilines is 1. The van der Waals surface area contributed by atoms with Crippen LogP contribution in [0.3, 0.4) is 0 Å². The highest BCUT2D eigenvalue weighted by atomic mass is 32.2. The highest BCUT2D eigenvalue weighted by Gasteiger charge is 2.20. The van der Waals surface area contributed by atoms with Crippen LogP contribution in [0.2, 0.25) is 0 Å². The van der Waals surface area contributed by atoms with Crippen molar-refractivity contribution >= 4 is 43.4 Å². The van der Waals surface area contributed by atoms with Gasteiger partial charge >= 0.3 is 0 Å². The lowest BCUT2D eigenvalue weighted by Crippen LogP contribution is -2.22. The van der Waals surface area contributed by atoms with Crippen LogP contribution in [-0.4, -0.2) is 47.3 Å². The number of aromatic nitrogens is 3. The maximum absolute atomic E-state index is 12.6. The predicted molar refractivity (Wildman–Crippen MR) is 129 cm³/mol. The molecule has 0 saturated carbocycles. The molecule has 0 atom stereocenters. The first-order valence-electron chi connectivity index (χ1n) is 10.9. The van der Waals surface area contributed by atoms with E-state index < -0.39 is 10.0 Å². The van der Waals surface area contributed by atoms with Gasteiger partial charge in [0.05, 0.1) is 21.6 Å². The van der Waals surface area contributed by atoms with Crippen LogP contribution >= 0.6 is 11.3 Å². The summed E-state index contributed by atoms with van der Waals surface area (Å²) in [5.41, 5.74) is 2.55.